The Morgan fingerprint density at radius 3 is 1.98 bits per heavy atom. The molecule has 49 heavy (non-hydrogen) atoms. The van der Waals surface area contributed by atoms with Crippen LogP contribution in [-0.4, -0.2) is 88.5 Å². The summed E-state index contributed by atoms with van der Waals surface area (Å²) in [5.41, 5.74) is 5.21. The summed E-state index contributed by atoms with van der Waals surface area (Å²) in [7, 11) is 5.49. The first-order valence-electron chi connectivity index (χ1n) is 17.0. The van der Waals surface area contributed by atoms with Crippen LogP contribution in [0.15, 0.2) is 79.0 Å². The number of aliphatic hydroxyl groups excluding tert-OH is 1. The Balaban J connectivity index is 1.34. The number of likely N-dealkylation sites (N-methyl/N-ethyl adjacent to an activating group) is 1. The summed E-state index contributed by atoms with van der Waals surface area (Å²) in [4.78, 5) is 16.7. The molecule has 0 spiro atoms. The molecule has 1 saturated heterocycles. The van der Waals surface area contributed by atoms with Crippen LogP contribution in [0.25, 0.3) is 5.65 Å². The molecular formula is C38H47N7O4. The van der Waals surface area contributed by atoms with E-state index >= 15 is 0 Å². The van der Waals surface area contributed by atoms with Gasteiger partial charge in [-0.2, -0.15) is 4.98 Å². The first kappa shape index (κ1) is 34.2. The van der Waals surface area contributed by atoms with Crippen molar-refractivity contribution in [1.29, 1.82) is 0 Å². The van der Waals surface area contributed by atoms with Crippen molar-refractivity contribution in [3.05, 3.63) is 107 Å². The number of aromatic nitrogens is 4. The van der Waals surface area contributed by atoms with Crippen molar-refractivity contribution in [2.24, 2.45) is 0 Å². The van der Waals surface area contributed by atoms with E-state index in [4.69, 9.17) is 29.3 Å². The second-order valence-electron chi connectivity index (χ2n) is 12.6. The van der Waals surface area contributed by atoms with Gasteiger partial charge in [-0.3, -0.25) is 4.90 Å². The maximum Gasteiger partial charge on any atom is 0.336 e. The Hall–Kier alpha value is -4.71. The van der Waals surface area contributed by atoms with E-state index in [1.54, 1.807) is 24.9 Å². The zero-order valence-corrected chi connectivity index (χ0v) is 29.0. The Labute approximate surface area is 288 Å². The van der Waals surface area contributed by atoms with Gasteiger partial charge in [0.15, 0.2) is 11.5 Å². The number of methoxy groups -OCH3 is 2. The van der Waals surface area contributed by atoms with Gasteiger partial charge in [-0.25, -0.2) is 9.50 Å². The molecule has 0 bridgehead atoms. The molecule has 1 aliphatic rings. The molecule has 0 aliphatic carbocycles. The van der Waals surface area contributed by atoms with Gasteiger partial charge in [0.05, 0.1) is 32.7 Å². The lowest BCUT2D eigenvalue weighted by Crippen LogP contribution is -2.43. The lowest BCUT2D eigenvalue weighted by atomic mass is 10.0. The van der Waals surface area contributed by atoms with Crippen molar-refractivity contribution < 1.29 is 19.3 Å². The minimum absolute atomic E-state index is 0.236. The summed E-state index contributed by atoms with van der Waals surface area (Å²) >= 11 is 0. The van der Waals surface area contributed by atoms with Gasteiger partial charge in [0, 0.05) is 45.8 Å². The highest BCUT2D eigenvalue weighted by Gasteiger charge is 2.24. The molecule has 1 unspecified atom stereocenters. The van der Waals surface area contributed by atoms with Crippen LogP contribution in [0.1, 0.15) is 53.8 Å². The van der Waals surface area contributed by atoms with Crippen LogP contribution in [0, 0.1) is 0 Å². The van der Waals surface area contributed by atoms with Gasteiger partial charge in [0.25, 0.3) is 0 Å². The predicted molar refractivity (Wildman–Crippen MR) is 190 cm³/mol. The molecule has 1 fully saturated rings. The maximum atomic E-state index is 11.7. The van der Waals surface area contributed by atoms with Crippen molar-refractivity contribution in [2.75, 3.05) is 59.0 Å². The molecule has 11 nitrogen and oxygen atoms in total. The molecule has 2 aromatic heterocycles. The summed E-state index contributed by atoms with van der Waals surface area (Å²) in [6.45, 7) is 8.85. The van der Waals surface area contributed by atoms with Crippen molar-refractivity contribution in [1.82, 2.24) is 29.4 Å². The quantitative estimate of drug-likeness (QED) is 0.147. The predicted octanol–water partition coefficient (Wildman–Crippen LogP) is 5.36. The van der Waals surface area contributed by atoms with Crippen molar-refractivity contribution in [2.45, 2.75) is 45.5 Å². The number of hydrogen-bond acceptors (Lipinski definition) is 10. The third-order valence-corrected chi connectivity index (χ3v) is 9.02. The number of fused-ring (bicyclic) bond motifs is 1. The molecule has 3 heterocycles. The number of benzene rings is 3. The minimum Gasteiger partial charge on any atom is -0.497 e. The highest BCUT2D eigenvalue weighted by molar-refractivity contribution is 5.65. The first-order chi connectivity index (χ1) is 23.9. The summed E-state index contributed by atoms with van der Waals surface area (Å²) in [6, 6.07) is 24.4. The Kier molecular flexibility index (Phi) is 11.2. The van der Waals surface area contributed by atoms with Crippen molar-refractivity contribution >= 4 is 11.5 Å². The molecular weight excluding hydrogens is 618 g/mol. The molecule has 6 rings (SSSR count). The summed E-state index contributed by atoms with van der Waals surface area (Å²) in [6.07, 6.45) is 2.59. The second kappa shape index (κ2) is 16.1. The fourth-order valence-electron chi connectivity index (χ4n) is 5.98. The number of nitrogens with zero attached hydrogens (tertiary/aromatic N) is 7. The van der Waals surface area contributed by atoms with Gasteiger partial charge in [0.2, 0.25) is 0 Å². The van der Waals surface area contributed by atoms with Crippen molar-refractivity contribution in [3.8, 4) is 17.5 Å². The lowest BCUT2D eigenvalue weighted by molar-refractivity contribution is 0.148. The fourth-order valence-corrected chi connectivity index (χ4v) is 5.98. The number of unbranched alkanes of at least 4 members (excludes halogenated alkanes) is 1. The van der Waals surface area contributed by atoms with Crippen LogP contribution in [0.3, 0.4) is 0 Å². The van der Waals surface area contributed by atoms with E-state index in [1.807, 2.05) is 60.7 Å². The van der Waals surface area contributed by atoms with E-state index in [0.717, 1.165) is 73.8 Å². The van der Waals surface area contributed by atoms with Gasteiger partial charge in [-0.15, -0.1) is 5.10 Å². The molecule has 3 aromatic carbocycles. The second-order valence-corrected chi connectivity index (χ2v) is 12.6. The zero-order chi connectivity index (χ0) is 34.2. The Morgan fingerprint density at radius 2 is 1.41 bits per heavy atom. The van der Waals surface area contributed by atoms with Gasteiger partial charge in [-0.05, 0) is 60.0 Å². The van der Waals surface area contributed by atoms with E-state index in [0.29, 0.717) is 36.9 Å². The molecule has 1 N–H and O–H groups in total. The molecule has 1 atom stereocenters. The van der Waals surface area contributed by atoms with E-state index < -0.39 is 6.10 Å². The van der Waals surface area contributed by atoms with Gasteiger partial charge >= 0.3 is 6.01 Å². The van der Waals surface area contributed by atoms with Gasteiger partial charge in [-0.1, -0.05) is 61.9 Å². The molecule has 0 saturated carbocycles. The summed E-state index contributed by atoms with van der Waals surface area (Å²) < 4.78 is 18.6. The average molecular weight is 666 g/mol. The van der Waals surface area contributed by atoms with Gasteiger partial charge < -0.3 is 29.1 Å². The first-order valence-corrected chi connectivity index (χ1v) is 17.0. The number of anilines is 1. The molecule has 5 aromatic rings. The summed E-state index contributed by atoms with van der Waals surface area (Å²) in [5, 5.41) is 16.5. The molecule has 0 radical (unpaired) electrons. The largest absolute Gasteiger partial charge is 0.497 e. The van der Waals surface area contributed by atoms with Crippen LogP contribution in [0.5, 0.6) is 17.5 Å². The van der Waals surface area contributed by atoms with E-state index in [9.17, 15) is 5.11 Å². The average Bonchev–Trinajstić information content (AvgIpc) is 3.57. The fraction of sp³-hybridized carbons (Fsp3) is 0.395. The number of imidazole rings is 1. The monoisotopic (exact) mass is 665 g/mol. The number of ether oxygens (including phenoxy) is 3. The summed E-state index contributed by atoms with van der Waals surface area (Å²) in [5.74, 6) is 2.19. The van der Waals surface area contributed by atoms with E-state index in [1.165, 1.54) is 5.56 Å². The SMILES string of the molecule is CCCCOc1nc(N(Cc2ccc(OC)cc2)Cc2ccc(OC)cc2)c2ncc(C(O)c3ccc(CN4CCN(C)CC4)cc3)n2n1. The highest BCUT2D eigenvalue weighted by Crippen LogP contribution is 2.30. The van der Waals surface area contributed by atoms with E-state index in [-0.39, 0.29) is 6.01 Å². The molecule has 0 amide bonds. The van der Waals surface area contributed by atoms with E-state index in [2.05, 4.69) is 40.8 Å². The third-order valence-electron chi connectivity index (χ3n) is 9.02. The van der Waals surface area contributed by atoms with Crippen LogP contribution in [0.2, 0.25) is 0 Å². The normalized spacial score (nSPS) is 14.6. The van der Waals surface area contributed by atoms with Crippen molar-refractivity contribution in [3.63, 3.8) is 0 Å². The zero-order valence-electron chi connectivity index (χ0n) is 29.0. The lowest BCUT2D eigenvalue weighted by Gasteiger charge is -2.32. The number of rotatable bonds is 15. The van der Waals surface area contributed by atoms with Crippen LogP contribution >= 0.6 is 0 Å². The van der Waals surface area contributed by atoms with Crippen LogP contribution in [-0.2, 0) is 19.6 Å². The number of piperazine rings is 1. The smallest absolute Gasteiger partial charge is 0.336 e. The number of hydrogen-bond donors (Lipinski definition) is 1. The highest BCUT2D eigenvalue weighted by atomic mass is 16.5. The molecule has 1 aliphatic heterocycles. The standard InChI is InChI=1S/C38H47N7O4/c1-5-6-23-49-38-40-37(44(26-29-9-15-32(47-3)16-10-29)27-30-11-17-33(48-4)18-12-30)36-39-24-34(45(36)41-38)35(46)31-13-7-28(8-14-31)25-43-21-19-42(2)20-22-43/h7-18,24,35,46H,5-6,19-23,25-27H2,1-4H3. The maximum absolute atomic E-state index is 11.7. The number of aliphatic hydroxyl groups is 1. The molecule has 11 heteroatoms. The Bertz CT molecular complexity index is 1720. The Morgan fingerprint density at radius 1 is 0.816 bits per heavy atom. The van der Waals surface area contributed by atoms with Crippen LogP contribution in [0.4, 0.5) is 5.82 Å². The van der Waals surface area contributed by atoms with Gasteiger partial charge in [0.1, 0.15) is 17.6 Å². The van der Waals surface area contributed by atoms with Crippen LogP contribution < -0.4 is 19.1 Å². The topological polar surface area (TPSA) is 101 Å². The third kappa shape index (κ3) is 8.48. The molecule has 258 valence electrons. The minimum atomic E-state index is -0.949.